The van der Waals surface area contributed by atoms with Gasteiger partial charge in [-0.25, -0.2) is 4.79 Å². The monoisotopic (exact) mass is 484 g/mol. The molecule has 1 aliphatic carbocycles. The van der Waals surface area contributed by atoms with Crippen LogP contribution in [0.3, 0.4) is 0 Å². The maximum absolute atomic E-state index is 12.8. The van der Waals surface area contributed by atoms with Crippen molar-refractivity contribution in [2.24, 2.45) is 11.8 Å². The predicted molar refractivity (Wildman–Crippen MR) is 131 cm³/mol. The van der Waals surface area contributed by atoms with Crippen LogP contribution in [0.1, 0.15) is 36.8 Å². The molecular weight excluding hydrogens is 451 g/mol. The summed E-state index contributed by atoms with van der Waals surface area (Å²) >= 11 is 0. The van der Waals surface area contributed by atoms with E-state index in [2.05, 4.69) is 9.80 Å². The molecule has 0 atom stereocenters. The molecule has 3 fully saturated rings. The van der Waals surface area contributed by atoms with Gasteiger partial charge < -0.3 is 18.8 Å². The minimum absolute atomic E-state index is 0. The highest BCUT2D eigenvalue weighted by Crippen LogP contribution is 2.38. The van der Waals surface area contributed by atoms with Gasteiger partial charge in [0.05, 0.1) is 19.8 Å². The summed E-state index contributed by atoms with van der Waals surface area (Å²) in [5.74, 6) is 2.87. The molecular formula is C24H34Cl2N2O4. The molecule has 3 aliphatic heterocycles. The van der Waals surface area contributed by atoms with Gasteiger partial charge in [-0.05, 0) is 61.6 Å². The summed E-state index contributed by atoms with van der Waals surface area (Å²) in [5, 5.41) is 0.964. The van der Waals surface area contributed by atoms with E-state index < -0.39 is 0 Å². The zero-order valence-electron chi connectivity index (χ0n) is 18.9. The smallest absolute Gasteiger partial charge is 0.341 e. The molecule has 178 valence electrons. The molecule has 0 N–H and O–H groups in total. The first-order chi connectivity index (χ1) is 14.7. The highest BCUT2D eigenvalue weighted by Gasteiger charge is 2.30. The minimum atomic E-state index is -0.249. The maximum atomic E-state index is 12.8. The summed E-state index contributed by atoms with van der Waals surface area (Å²) in [5.41, 5.74) is 2.15. The molecule has 2 bridgehead atoms. The van der Waals surface area contributed by atoms with Crippen LogP contribution in [-0.4, -0.2) is 56.7 Å². The van der Waals surface area contributed by atoms with Crippen LogP contribution < -0.4 is 15.1 Å². The molecule has 1 saturated carbocycles. The highest BCUT2D eigenvalue weighted by atomic mass is 35.5. The molecule has 0 spiro atoms. The second kappa shape index (κ2) is 10.6. The summed E-state index contributed by atoms with van der Waals surface area (Å²) < 4.78 is 16.6. The minimum Gasteiger partial charge on any atom is -0.493 e. The number of hydrogen-bond donors (Lipinski definition) is 0. The third kappa shape index (κ3) is 4.74. The lowest BCUT2D eigenvalue weighted by Gasteiger charge is -2.31. The van der Waals surface area contributed by atoms with Crippen LogP contribution in [0.25, 0.3) is 11.0 Å². The zero-order chi connectivity index (χ0) is 20.7. The van der Waals surface area contributed by atoms with Gasteiger partial charge in [0.25, 0.3) is 0 Å². The van der Waals surface area contributed by atoms with Crippen molar-refractivity contribution in [3.63, 3.8) is 0 Å². The van der Waals surface area contributed by atoms with Crippen LogP contribution in [0, 0.1) is 11.8 Å². The number of hydrogen-bond acceptors (Lipinski definition) is 6. The Morgan fingerprint density at radius 3 is 2.22 bits per heavy atom. The summed E-state index contributed by atoms with van der Waals surface area (Å²) in [7, 11) is 3.17. The van der Waals surface area contributed by atoms with Crippen LogP contribution in [0.4, 0.5) is 0 Å². The third-order valence-electron chi connectivity index (χ3n) is 7.42. The molecule has 6 rings (SSSR count). The van der Waals surface area contributed by atoms with Crippen molar-refractivity contribution < 1.29 is 13.9 Å². The van der Waals surface area contributed by atoms with Gasteiger partial charge in [0.2, 0.25) is 5.75 Å². The van der Waals surface area contributed by atoms with E-state index in [4.69, 9.17) is 13.9 Å². The van der Waals surface area contributed by atoms with Crippen molar-refractivity contribution in [3.05, 3.63) is 33.7 Å². The number of nitrogens with zero attached hydrogens (tertiary/aromatic N) is 2. The Labute approximate surface area is 202 Å². The van der Waals surface area contributed by atoms with E-state index in [9.17, 15) is 4.79 Å². The molecule has 4 aliphatic rings. The van der Waals surface area contributed by atoms with Gasteiger partial charge in [0.1, 0.15) is 0 Å². The molecule has 32 heavy (non-hydrogen) atoms. The standard InChI is InChI=1S/C24H32N2O4.2ClH/c1-28-21-8-7-19-18-9-10-25(15-20(18)24(27)30-22(19)23(21)29-2)11-12-26-13-16-3-4-17(14-26)6-5-16;;/h7-8,16-17H,3-6,9-15H2,1-2H3;2*1H. The topological polar surface area (TPSA) is 55.2 Å². The zero-order valence-corrected chi connectivity index (χ0v) is 20.6. The van der Waals surface area contributed by atoms with Crippen molar-refractivity contribution in [3.8, 4) is 11.5 Å². The second-order valence-corrected chi connectivity index (χ2v) is 9.20. The maximum Gasteiger partial charge on any atom is 0.341 e. The number of ether oxygens (including phenoxy) is 2. The Bertz CT molecular complexity index is 974. The van der Waals surface area contributed by atoms with E-state index in [1.54, 1.807) is 14.2 Å². The van der Waals surface area contributed by atoms with Crippen LogP contribution in [0.15, 0.2) is 21.3 Å². The van der Waals surface area contributed by atoms with Crippen molar-refractivity contribution >= 4 is 35.8 Å². The summed E-state index contributed by atoms with van der Waals surface area (Å²) in [4.78, 5) is 17.9. The number of methoxy groups -OCH3 is 2. The van der Waals surface area contributed by atoms with Crippen molar-refractivity contribution in [2.75, 3.05) is 46.9 Å². The number of rotatable bonds is 5. The predicted octanol–water partition coefficient (Wildman–Crippen LogP) is 4.13. The fourth-order valence-corrected chi connectivity index (χ4v) is 5.75. The Hall–Kier alpha value is -1.47. The van der Waals surface area contributed by atoms with E-state index in [1.165, 1.54) is 38.8 Å². The molecule has 8 heteroatoms. The Balaban J connectivity index is 0.00000144. The second-order valence-electron chi connectivity index (χ2n) is 9.20. The van der Waals surface area contributed by atoms with Gasteiger partial charge >= 0.3 is 5.63 Å². The Kier molecular flexibility index (Phi) is 8.37. The van der Waals surface area contributed by atoms with Gasteiger partial charge in [-0.1, -0.05) is 0 Å². The lowest BCUT2D eigenvalue weighted by atomic mass is 9.84. The first kappa shape index (κ1) is 25.2. The molecule has 0 amide bonds. The normalized spacial score (nSPS) is 23.1. The molecule has 1 aromatic heterocycles. The van der Waals surface area contributed by atoms with Crippen LogP contribution in [0.5, 0.6) is 11.5 Å². The average Bonchev–Trinajstić information content (AvgIpc) is 3.10. The van der Waals surface area contributed by atoms with Gasteiger partial charge in [0, 0.05) is 44.7 Å². The molecule has 1 aromatic carbocycles. The van der Waals surface area contributed by atoms with Crippen LogP contribution in [-0.2, 0) is 13.0 Å². The van der Waals surface area contributed by atoms with Crippen molar-refractivity contribution in [1.29, 1.82) is 0 Å². The summed E-state index contributed by atoms with van der Waals surface area (Å²) in [6.45, 7) is 6.28. The molecule has 4 heterocycles. The quantitative estimate of drug-likeness (QED) is 0.594. The molecule has 2 aromatic rings. The van der Waals surface area contributed by atoms with E-state index >= 15 is 0 Å². The van der Waals surface area contributed by atoms with Crippen molar-refractivity contribution in [1.82, 2.24) is 9.80 Å². The Morgan fingerprint density at radius 2 is 1.59 bits per heavy atom. The van der Waals surface area contributed by atoms with E-state index in [-0.39, 0.29) is 30.4 Å². The Morgan fingerprint density at radius 1 is 0.938 bits per heavy atom. The lowest BCUT2D eigenvalue weighted by molar-refractivity contribution is 0.182. The van der Waals surface area contributed by atoms with E-state index in [0.29, 0.717) is 23.6 Å². The highest BCUT2D eigenvalue weighted by molar-refractivity contribution is 5.89. The number of fused-ring (bicyclic) bond motifs is 7. The number of benzene rings is 1. The summed E-state index contributed by atoms with van der Waals surface area (Å²) in [6.07, 6.45) is 6.53. The summed E-state index contributed by atoms with van der Waals surface area (Å²) in [6, 6.07) is 3.88. The number of halogens is 2. The van der Waals surface area contributed by atoms with E-state index in [1.807, 2.05) is 12.1 Å². The molecule has 2 saturated heterocycles. The fourth-order valence-electron chi connectivity index (χ4n) is 5.75. The molecule has 0 radical (unpaired) electrons. The third-order valence-corrected chi connectivity index (χ3v) is 7.42. The van der Waals surface area contributed by atoms with E-state index in [0.717, 1.165) is 54.4 Å². The first-order valence-electron chi connectivity index (χ1n) is 11.3. The van der Waals surface area contributed by atoms with Gasteiger partial charge in [-0.2, -0.15) is 0 Å². The van der Waals surface area contributed by atoms with Gasteiger partial charge in [-0.15, -0.1) is 24.8 Å². The lowest BCUT2D eigenvalue weighted by Crippen LogP contribution is -2.40. The van der Waals surface area contributed by atoms with Crippen molar-refractivity contribution in [2.45, 2.75) is 38.6 Å². The molecule has 6 nitrogen and oxygen atoms in total. The molecule has 0 unspecified atom stereocenters. The van der Waals surface area contributed by atoms with Crippen LogP contribution in [0.2, 0.25) is 0 Å². The first-order valence-corrected chi connectivity index (χ1v) is 11.3. The van der Waals surface area contributed by atoms with Crippen LogP contribution >= 0.6 is 24.8 Å². The average molecular weight is 485 g/mol. The fraction of sp³-hybridized carbons (Fsp3) is 0.625. The van der Waals surface area contributed by atoms with Gasteiger partial charge in [0.15, 0.2) is 11.3 Å². The SMILES string of the molecule is COc1ccc2c3c(c(=O)oc2c1OC)CN(CCN1CC2CCC(CC2)C1)CC3.Cl.Cl. The van der Waals surface area contributed by atoms with Gasteiger partial charge in [-0.3, -0.25) is 4.90 Å². The largest absolute Gasteiger partial charge is 0.493 e.